The first-order chi connectivity index (χ1) is 15.4. The van der Waals surface area contributed by atoms with Gasteiger partial charge in [0.25, 0.3) is 5.56 Å². The second-order valence-corrected chi connectivity index (χ2v) is 8.77. The van der Waals surface area contributed by atoms with E-state index in [2.05, 4.69) is 33.9 Å². The molecule has 9 nitrogen and oxygen atoms in total. The highest BCUT2D eigenvalue weighted by Gasteiger charge is 2.15. The number of fused-ring (bicyclic) bond motifs is 1. The van der Waals surface area contributed by atoms with Crippen molar-refractivity contribution < 1.29 is 4.79 Å². The molecule has 0 spiro atoms. The molecule has 0 fully saturated rings. The molecule has 2 heterocycles. The average Bonchev–Trinajstić information content (AvgIpc) is 3.15. The predicted octanol–water partition coefficient (Wildman–Crippen LogP) is 1.90. The summed E-state index contributed by atoms with van der Waals surface area (Å²) < 4.78 is 4.65. The lowest BCUT2D eigenvalue weighted by Crippen LogP contribution is -2.42. The number of nitrogens with zero attached hydrogens (tertiary/aromatic N) is 5. The first-order valence-corrected chi connectivity index (χ1v) is 12.0. The van der Waals surface area contributed by atoms with Gasteiger partial charge in [-0.25, -0.2) is 4.79 Å². The van der Waals surface area contributed by atoms with E-state index in [1.165, 1.54) is 4.57 Å². The van der Waals surface area contributed by atoms with Crippen LogP contribution >= 0.6 is 11.8 Å². The molecule has 0 unspecified atom stereocenters. The van der Waals surface area contributed by atoms with Gasteiger partial charge in [0.15, 0.2) is 5.16 Å². The van der Waals surface area contributed by atoms with Crippen molar-refractivity contribution >= 4 is 28.6 Å². The molecule has 0 aliphatic rings. The zero-order valence-electron chi connectivity index (χ0n) is 19.0. The van der Waals surface area contributed by atoms with Gasteiger partial charge in [-0.1, -0.05) is 37.7 Å². The molecule has 2 aromatic heterocycles. The van der Waals surface area contributed by atoms with Crippen molar-refractivity contribution in [2.24, 2.45) is 5.92 Å². The number of amides is 1. The minimum Gasteiger partial charge on any atom is -0.355 e. The highest BCUT2D eigenvalue weighted by Crippen LogP contribution is 2.16. The lowest BCUT2D eigenvalue weighted by molar-refractivity contribution is -0.121. The lowest BCUT2D eigenvalue weighted by Gasteiger charge is -2.13. The Labute approximate surface area is 190 Å². The monoisotopic (exact) mass is 458 g/mol. The van der Waals surface area contributed by atoms with Crippen molar-refractivity contribution in [2.75, 3.05) is 12.8 Å². The number of thioether (sulfide) groups is 1. The Morgan fingerprint density at radius 3 is 2.56 bits per heavy atom. The van der Waals surface area contributed by atoms with Crippen LogP contribution < -0.4 is 16.6 Å². The fourth-order valence-electron chi connectivity index (χ4n) is 3.68. The number of rotatable bonds is 10. The lowest BCUT2D eigenvalue weighted by atomic mass is 10.2. The summed E-state index contributed by atoms with van der Waals surface area (Å²) in [5.74, 6) is 1.12. The number of carbonyl (C=O) groups is 1. The van der Waals surface area contributed by atoms with Crippen molar-refractivity contribution in [1.82, 2.24) is 29.2 Å². The Bertz CT molecular complexity index is 1210. The summed E-state index contributed by atoms with van der Waals surface area (Å²) in [4.78, 5) is 37.9. The maximum atomic E-state index is 12.8. The van der Waals surface area contributed by atoms with E-state index in [4.69, 9.17) is 0 Å². The number of carbonyl (C=O) groups excluding carboxylic acids is 1. The molecule has 0 atom stereocenters. The molecular formula is C22H30N6O3S. The number of para-hydroxylation sites is 1. The molecule has 32 heavy (non-hydrogen) atoms. The third kappa shape index (κ3) is 5.12. The first kappa shape index (κ1) is 23.8. The molecule has 0 aliphatic carbocycles. The summed E-state index contributed by atoms with van der Waals surface area (Å²) in [5.41, 5.74) is -0.341. The number of aryl methyl sites for hydroxylation is 1. The van der Waals surface area contributed by atoms with Crippen molar-refractivity contribution in [3.63, 3.8) is 0 Å². The van der Waals surface area contributed by atoms with Crippen molar-refractivity contribution in [1.29, 1.82) is 0 Å². The molecule has 3 aromatic rings. The van der Waals surface area contributed by atoms with Crippen molar-refractivity contribution in [2.45, 2.75) is 58.4 Å². The average molecular weight is 459 g/mol. The Morgan fingerprint density at radius 1 is 1.12 bits per heavy atom. The smallest absolute Gasteiger partial charge is 0.331 e. The van der Waals surface area contributed by atoms with Gasteiger partial charge in [-0.05, 0) is 37.7 Å². The zero-order chi connectivity index (χ0) is 23.3. The van der Waals surface area contributed by atoms with Crippen LogP contribution in [0.5, 0.6) is 0 Å². The van der Waals surface area contributed by atoms with E-state index in [0.29, 0.717) is 36.2 Å². The van der Waals surface area contributed by atoms with Crippen LogP contribution in [0.2, 0.25) is 0 Å². The van der Waals surface area contributed by atoms with E-state index in [1.807, 2.05) is 6.26 Å². The quantitative estimate of drug-likeness (QED) is 0.368. The molecule has 0 saturated carbocycles. The molecule has 10 heteroatoms. The Morgan fingerprint density at radius 2 is 1.88 bits per heavy atom. The fraction of sp³-hybridized carbons (Fsp3) is 0.500. The van der Waals surface area contributed by atoms with Gasteiger partial charge < -0.3 is 9.88 Å². The molecule has 0 bridgehead atoms. The summed E-state index contributed by atoms with van der Waals surface area (Å²) in [6.45, 7) is 7.47. The van der Waals surface area contributed by atoms with E-state index in [9.17, 15) is 14.4 Å². The molecule has 3 rings (SSSR count). The van der Waals surface area contributed by atoms with Gasteiger partial charge in [-0.3, -0.25) is 18.7 Å². The third-order valence-corrected chi connectivity index (χ3v) is 5.84. The molecule has 172 valence electrons. The number of nitrogens with one attached hydrogen (secondary N) is 1. The maximum Gasteiger partial charge on any atom is 0.331 e. The SMILES string of the molecule is CCn1c(=O)c2ccccc2n(CC(=O)NCCCc2nnc(SC)n2CC(C)C)c1=O. The van der Waals surface area contributed by atoms with Crippen molar-refractivity contribution in [3.05, 3.63) is 50.9 Å². The molecule has 0 aliphatic heterocycles. The van der Waals surface area contributed by atoms with Crippen LogP contribution in [0.3, 0.4) is 0 Å². The molecule has 1 aromatic carbocycles. The van der Waals surface area contributed by atoms with Gasteiger partial charge in [0.1, 0.15) is 12.4 Å². The highest BCUT2D eigenvalue weighted by atomic mass is 32.2. The van der Waals surface area contributed by atoms with Crippen LogP contribution in [0, 0.1) is 5.92 Å². The first-order valence-electron chi connectivity index (χ1n) is 10.8. The normalized spacial score (nSPS) is 11.4. The molecule has 1 N–H and O–H groups in total. The molecular weight excluding hydrogens is 428 g/mol. The molecule has 0 saturated heterocycles. The van der Waals surface area contributed by atoms with Crippen LogP contribution in [0.4, 0.5) is 0 Å². The topological polar surface area (TPSA) is 104 Å². The van der Waals surface area contributed by atoms with Gasteiger partial charge in [-0.15, -0.1) is 10.2 Å². The number of hydrogen-bond donors (Lipinski definition) is 1. The van der Waals surface area contributed by atoms with E-state index in [0.717, 1.165) is 22.1 Å². The summed E-state index contributed by atoms with van der Waals surface area (Å²) in [6, 6.07) is 6.87. The minimum absolute atomic E-state index is 0.139. The van der Waals surface area contributed by atoms with Crippen LogP contribution in [-0.2, 0) is 30.8 Å². The van der Waals surface area contributed by atoms with Gasteiger partial charge in [0.2, 0.25) is 5.91 Å². The van der Waals surface area contributed by atoms with Crippen LogP contribution in [0.1, 0.15) is 33.0 Å². The number of benzene rings is 1. The Hall–Kier alpha value is -2.88. The standard InChI is InChI=1S/C22H30N6O3S/c1-5-26-20(30)16-9-6-7-10-17(16)27(22(26)31)14-19(29)23-12-8-11-18-24-25-21(32-4)28(18)13-15(2)3/h6-7,9-10,15H,5,8,11-14H2,1-4H3,(H,23,29). The van der Waals surface area contributed by atoms with E-state index in [1.54, 1.807) is 43.0 Å². The Balaban J connectivity index is 1.66. The van der Waals surface area contributed by atoms with Crippen LogP contribution in [-0.4, -0.2) is 42.6 Å². The number of aromatic nitrogens is 5. The highest BCUT2D eigenvalue weighted by molar-refractivity contribution is 7.98. The van der Waals surface area contributed by atoms with Gasteiger partial charge in [0.05, 0.1) is 10.9 Å². The summed E-state index contributed by atoms with van der Waals surface area (Å²) >= 11 is 1.57. The van der Waals surface area contributed by atoms with Gasteiger partial charge in [0, 0.05) is 26.1 Å². The molecule has 0 radical (unpaired) electrons. The van der Waals surface area contributed by atoms with E-state index < -0.39 is 5.69 Å². The van der Waals surface area contributed by atoms with E-state index >= 15 is 0 Å². The van der Waals surface area contributed by atoms with Crippen molar-refractivity contribution in [3.8, 4) is 0 Å². The predicted molar refractivity (Wildman–Crippen MR) is 126 cm³/mol. The second kappa shape index (κ2) is 10.6. The largest absolute Gasteiger partial charge is 0.355 e. The maximum absolute atomic E-state index is 12.8. The minimum atomic E-state index is -0.474. The van der Waals surface area contributed by atoms with Gasteiger partial charge >= 0.3 is 5.69 Å². The fourth-order valence-corrected chi connectivity index (χ4v) is 4.20. The summed E-state index contributed by atoms with van der Waals surface area (Å²) in [5, 5.41) is 12.7. The number of hydrogen-bond acceptors (Lipinski definition) is 6. The van der Waals surface area contributed by atoms with E-state index in [-0.39, 0.29) is 24.6 Å². The van der Waals surface area contributed by atoms with Gasteiger partial charge in [-0.2, -0.15) is 0 Å². The van der Waals surface area contributed by atoms with Crippen LogP contribution in [0.15, 0.2) is 39.0 Å². The Kier molecular flexibility index (Phi) is 7.89. The zero-order valence-corrected chi connectivity index (χ0v) is 19.8. The third-order valence-electron chi connectivity index (χ3n) is 5.17. The summed E-state index contributed by atoms with van der Waals surface area (Å²) in [7, 11) is 0. The second-order valence-electron chi connectivity index (χ2n) is 8.00. The summed E-state index contributed by atoms with van der Waals surface area (Å²) in [6.07, 6.45) is 3.39. The van der Waals surface area contributed by atoms with Crippen LogP contribution in [0.25, 0.3) is 10.9 Å². The molecule has 1 amide bonds.